The fourth-order valence-corrected chi connectivity index (χ4v) is 7.15. The molecule has 4 bridgehead atoms. The van der Waals surface area contributed by atoms with Gasteiger partial charge in [-0.3, -0.25) is 9.59 Å². The lowest BCUT2D eigenvalue weighted by Crippen LogP contribution is -2.60. The van der Waals surface area contributed by atoms with Gasteiger partial charge in [0.05, 0.1) is 17.0 Å². The Bertz CT molecular complexity index is 1020. The van der Waals surface area contributed by atoms with Crippen molar-refractivity contribution < 1.29 is 18.4 Å². The fourth-order valence-electron chi connectivity index (χ4n) is 6.30. The molecule has 0 aliphatic heterocycles. The number of thioether (sulfide) groups is 1. The Morgan fingerprint density at radius 2 is 1.62 bits per heavy atom. The fraction of sp³-hybridized carbons (Fsp3) is 0.440. The van der Waals surface area contributed by atoms with Crippen LogP contribution >= 0.6 is 11.8 Å². The number of nitrogens with one attached hydrogen (secondary N) is 2. The summed E-state index contributed by atoms with van der Waals surface area (Å²) in [5.41, 5.74) is 0.225. The third-order valence-electron chi connectivity index (χ3n) is 7.11. The number of rotatable bonds is 6. The first-order valence-electron chi connectivity index (χ1n) is 11.2. The van der Waals surface area contributed by atoms with Crippen molar-refractivity contribution in [2.45, 2.75) is 49.0 Å². The van der Waals surface area contributed by atoms with Crippen LogP contribution in [-0.4, -0.2) is 23.1 Å². The van der Waals surface area contributed by atoms with Crippen molar-refractivity contribution in [3.05, 3.63) is 59.7 Å². The molecule has 2 N–H and O–H groups in total. The first-order chi connectivity index (χ1) is 15.4. The van der Waals surface area contributed by atoms with Gasteiger partial charge < -0.3 is 10.6 Å². The molecular weight excluding hydrogens is 430 g/mol. The summed E-state index contributed by atoms with van der Waals surface area (Å²) < 4.78 is 27.0. The quantitative estimate of drug-likeness (QED) is 0.573. The normalized spacial score (nSPS) is 27.9. The number of benzene rings is 2. The molecule has 2 aromatic carbocycles. The van der Waals surface area contributed by atoms with E-state index in [9.17, 15) is 18.4 Å². The van der Waals surface area contributed by atoms with E-state index in [1.165, 1.54) is 37.1 Å². The molecule has 2 amide bonds. The molecule has 0 radical (unpaired) electrons. The van der Waals surface area contributed by atoms with Gasteiger partial charge in [-0.2, -0.15) is 0 Å². The van der Waals surface area contributed by atoms with E-state index in [4.69, 9.17) is 0 Å². The molecule has 0 aromatic heterocycles. The summed E-state index contributed by atoms with van der Waals surface area (Å²) in [6.45, 7) is 0. The minimum absolute atomic E-state index is 0.00302. The van der Waals surface area contributed by atoms with Crippen LogP contribution in [-0.2, 0) is 4.79 Å². The Kier molecular flexibility index (Phi) is 5.70. The molecule has 0 heterocycles. The molecule has 6 rings (SSSR count). The van der Waals surface area contributed by atoms with E-state index in [0.717, 1.165) is 49.1 Å². The molecule has 7 heteroatoms. The minimum Gasteiger partial charge on any atom is -0.350 e. The molecule has 168 valence electrons. The maximum absolute atomic E-state index is 13.9. The Labute approximate surface area is 190 Å². The van der Waals surface area contributed by atoms with Gasteiger partial charge in [0.25, 0.3) is 5.91 Å². The van der Waals surface area contributed by atoms with Gasteiger partial charge in [0, 0.05) is 16.5 Å². The zero-order valence-electron chi connectivity index (χ0n) is 17.7. The van der Waals surface area contributed by atoms with Crippen LogP contribution in [0.1, 0.15) is 48.9 Å². The van der Waals surface area contributed by atoms with Gasteiger partial charge >= 0.3 is 0 Å². The van der Waals surface area contributed by atoms with Crippen molar-refractivity contribution in [2.75, 3.05) is 11.1 Å². The minimum atomic E-state index is -0.835. The van der Waals surface area contributed by atoms with Crippen molar-refractivity contribution >= 4 is 29.3 Å². The number of anilines is 1. The first-order valence-corrected chi connectivity index (χ1v) is 12.2. The summed E-state index contributed by atoms with van der Waals surface area (Å²) in [4.78, 5) is 26.2. The lowest BCUT2D eigenvalue weighted by molar-refractivity contribution is -0.124. The summed E-state index contributed by atoms with van der Waals surface area (Å²) in [5.74, 6) is 0.440. The summed E-state index contributed by atoms with van der Waals surface area (Å²) >= 11 is 1.30. The standard InChI is InChI=1S/C25H26F2N2O2S/c26-18-5-6-21(20(27)10-18)28-24(31)19-3-1-2-4-22(19)32-14-23(30)29-25-11-15-7-16(12-25)9-17(8-15)13-25/h1-6,10,15-17H,7-9,11-14H2,(H,28,31)(H,29,30). The van der Waals surface area contributed by atoms with Crippen molar-refractivity contribution in [2.24, 2.45) is 17.8 Å². The molecule has 32 heavy (non-hydrogen) atoms. The second-order valence-electron chi connectivity index (χ2n) is 9.61. The van der Waals surface area contributed by atoms with Crippen LogP contribution in [0.15, 0.2) is 47.4 Å². The maximum atomic E-state index is 13.9. The molecule has 0 spiro atoms. The lowest BCUT2D eigenvalue weighted by Gasteiger charge is -2.56. The topological polar surface area (TPSA) is 58.2 Å². The molecular formula is C25H26F2N2O2S. The van der Waals surface area contributed by atoms with E-state index in [0.29, 0.717) is 10.5 Å². The lowest BCUT2D eigenvalue weighted by atomic mass is 9.53. The number of amides is 2. The smallest absolute Gasteiger partial charge is 0.256 e. The average Bonchev–Trinajstić information content (AvgIpc) is 2.73. The van der Waals surface area contributed by atoms with Gasteiger partial charge in [-0.15, -0.1) is 11.8 Å². The highest BCUT2D eigenvalue weighted by Crippen LogP contribution is 2.55. The van der Waals surface area contributed by atoms with Gasteiger partial charge in [0.2, 0.25) is 5.91 Å². The predicted molar refractivity (Wildman–Crippen MR) is 121 cm³/mol. The highest BCUT2D eigenvalue weighted by atomic mass is 32.2. The van der Waals surface area contributed by atoms with Crippen molar-refractivity contribution in [3.63, 3.8) is 0 Å². The van der Waals surface area contributed by atoms with E-state index in [2.05, 4.69) is 10.6 Å². The Hall–Kier alpha value is -2.41. The Morgan fingerprint density at radius 1 is 0.969 bits per heavy atom. The molecule has 0 atom stereocenters. The summed E-state index contributed by atoms with van der Waals surface area (Å²) in [6, 6.07) is 9.94. The third kappa shape index (κ3) is 4.40. The maximum Gasteiger partial charge on any atom is 0.256 e. The van der Waals surface area contributed by atoms with Gasteiger partial charge in [-0.25, -0.2) is 8.78 Å². The number of hydrogen-bond acceptors (Lipinski definition) is 3. The molecule has 2 aromatic rings. The van der Waals surface area contributed by atoms with Crippen molar-refractivity contribution in [1.29, 1.82) is 0 Å². The first kappa shape index (κ1) is 21.4. The highest BCUT2D eigenvalue weighted by molar-refractivity contribution is 8.00. The molecule has 4 aliphatic carbocycles. The van der Waals surface area contributed by atoms with Crippen LogP contribution < -0.4 is 10.6 Å². The Morgan fingerprint density at radius 3 is 2.28 bits per heavy atom. The molecule has 4 saturated carbocycles. The van der Waals surface area contributed by atoms with Crippen molar-refractivity contribution in [3.8, 4) is 0 Å². The predicted octanol–water partition coefficient (Wildman–Crippen LogP) is 5.39. The zero-order valence-corrected chi connectivity index (χ0v) is 18.5. The van der Waals surface area contributed by atoms with Crippen LogP contribution in [0.3, 0.4) is 0 Å². The zero-order chi connectivity index (χ0) is 22.3. The van der Waals surface area contributed by atoms with Crippen LogP contribution in [0.2, 0.25) is 0 Å². The molecule has 4 aliphatic rings. The number of halogens is 2. The second kappa shape index (κ2) is 8.50. The van der Waals surface area contributed by atoms with E-state index in [1.54, 1.807) is 24.3 Å². The summed E-state index contributed by atoms with van der Waals surface area (Å²) in [6.07, 6.45) is 7.25. The van der Waals surface area contributed by atoms with E-state index < -0.39 is 17.5 Å². The van der Waals surface area contributed by atoms with Gasteiger partial charge in [-0.05, 0) is 80.5 Å². The number of carbonyl (C=O) groups is 2. The van der Waals surface area contributed by atoms with Gasteiger partial charge in [0.1, 0.15) is 11.6 Å². The van der Waals surface area contributed by atoms with Gasteiger partial charge in [-0.1, -0.05) is 12.1 Å². The highest BCUT2D eigenvalue weighted by Gasteiger charge is 2.51. The van der Waals surface area contributed by atoms with Crippen molar-refractivity contribution in [1.82, 2.24) is 5.32 Å². The van der Waals surface area contributed by atoms with Crippen LogP contribution in [0.25, 0.3) is 0 Å². The summed E-state index contributed by atoms with van der Waals surface area (Å²) in [7, 11) is 0. The average molecular weight is 457 g/mol. The van der Waals surface area contributed by atoms with Crippen LogP contribution in [0.4, 0.5) is 14.5 Å². The molecule has 4 nitrogen and oxygen atoms in total. The second-order valence-corrected chi connectivity index (χ2v) is 10.6. The van der Waals surface area contributed by atoms with E-state index >= 15 is 0 Å². The van der Waals surface area contributed by atoms with E-state index in [1.807, 2.05) is 0 Å². The third-order valence-corrected chi connectivity index (χ3v) is 8.19. The molecule has 0 saturated heterocycles. The monoisotopic (exact) mass is 456 g/mol. The summed E-state index contributed by atoms with van der Waals surface area (Å²) in [5, 5.41) is 5.84. The SMILES string of the molecule is O=C(CSc1ccccc1C(=O)Nc1ccc(F)cc1F)NC12CC3CC(CC(C3)C1)C2. The van der Waals surface area contributed by atoms with E-state index in [-0.39, 0.29) is 22.9 Å². The van der Waals surface area contributed by atoms with Crippen LogP contribution in [0.5, 0.6) is 0 Å². The largest absolute Gasteiger partial charge is 0.350 e. The molecule has 0 unspecified atom stereocenters. The Balaban J connectivity index is 1.23. The van der Waals surface area contributed by atoms with Gasteiger partial charge in [0.15, 0.2) is 0 Å². The number of carbonyl (C=O) groups excluding carboxylic acids is 2. The molecule has 4 fully saturated rings. The van der Waals surface area contributed by atoms with Crippen LogP contribution in [0, 0.1) is 29.4 Å². The number of hydrogen-bond donors (Lipinski definition) is 2.